The molecule has 0 radical (unpaired) electrons. The van der Waals surface area contributed by atoms with Gasteiger partial charge in [-0.2, -0.15) is 0 Å². The normalized spacial score (nSPS) is 10.2. The fourth-order valence-corrected chi connectivity index (χ4v) is 2.09. The Labute approximate surface area is 96.4 Å². The molecule has 0 unspecified atom stereocenters. The van der Waals surface area contributed by atoms with Gasteiger partial charge in [0.25, 0.3) is 0 Å². The van der Waals surface area contributed by atoms with Gasteiger partial charge in [-0.05, 0) is 12.1 Å². The third-order valence-electron chi connectivity index (χ3n) is 1.84. The van der Waals surface area contributed by atoms with Crippen LogP contribution in [-0.2, 0) is 6.54 Å². The largest absolute Gasteiger partial charge is 0.508 e. The third-order valence-corrected chi connectivity index (χ3v) is 2.95. The van der Waals surface area contributed by atoms with Crippen LogP contribution >= 0.6 is 22.9 Å². The molecule has 0 saturated carbocycles. The van der Waals surface area contributed by atoms with Gasteiger partial charge in [0.15, 0.2) is 4.47 Å². The number of nitrogens with one attached hydrogen (secondary N) is 1. The zero-order valence-electron chi connectivity index (χ0n) is 7.77. The van der Waals surface area contributed by atoms with Crippen LogP contribution in [0.1, 0.15) is 4.88 Å². The van der Waals surface area contributed by atoms with Crippen LogP contribution in [0.3, 0.4) is 0 Å². The van der Waals surface area contributed by atoms with Gasteiger partial charge in [-0.1, -0.05) is 17.7 Å². The molecule has 0 aliphatic carbocycles. The first-order chi connectivity index (χ1) is 7.24. The van der Waals surface area contributed by atoms with Crippen LogP contribution < -0.4 is 5.32 Å². The SMILES string of the molecule is Oc1cccc(NCc2cnc(Cl)s2)c1. The Bertz CT molecular complexity index is 458. The summed E-state index contributed by atoms with van der Waals surface area (Å²) in [6, 6.07) is 6.98. The lowest BCUT2D eigenvalue weighted by atomic mass is 10.3. The number of hydrogen-bond donors (Lipinski definition) is 2. The third kappa shape index (κ3) is 2.84. The number of phenols is 1. The second-order valence-corrected chi connectivity index (χ2v) is 4.68. The van der Waals surface area contributed by atoms with E-state index in [-0.39, 0.29) is 5.75 Å². The fourth-order valence-electron chi connectivity index (χ4n) is 1.17. The van der Waals surface area contributed by atoms with E-state index in [1.807, 2.05) is 6.07 Å². The minimum atomic E-state index is 0.252. The van der Waals surface area contributed by atoms with Crippen molar-refractivity contribution in [3.63, 3.8) is 0 Å². The molecule has 0 bridgehead atoms. The van der Waals surface area contributed by atoms with Gasteiger partial charge in [0.2, 0.25) is 0 Å². The van der Waals surface area contributed by atoms with Gasteiger partial charge < -0.3 is 10.4 Å². The zero-order valence-corrected chi connectivity index (χ0v) is 9.35. The molecule has 0 fully saturated rings. The van der Waals surface area contributed by atoms with Crippen LogP contribution in [-0.4, -0.2) is 10.1 Å². The first-order valence-corrected chi connectivity index (χ1v) is 5.56. The molecule has 1 aromatic carbocycles. The standard InChI is InChI=1S/C10H9ClN2OS/c11-10-13-6-9(15-10)5-12-7-2-1-3-8(14)4-7/h1-4,6,12,14H,5H2. The molecule has 2 N–H and O–H groups in total. The van der Waals surface area contributed by atoms with E-state index in [2.05, 4.69) is 10.3 Å². The monoisotopic (exact) mass is 240 g/mol. The van der Waals surface area contributed by atoms with Crippen molar-refractivity contribution in [1.82, 2.24) is 4.98 Å². The number of nitrogens with zero attached hydrogens (tertiary/aromatic N) is 1. The summed E-state index contributed by atoms with van der Waals surface area (Å²) in [6.07, 6.45) is 1.74. The van der Waals surface area contributed by atoms with Gasteiger partial charge >= 0.3 is 0 Å². The Balaban J connectivity index is 1.99. The zero-order chi connectivity index (χ0) is 10.7. The molecule has 0 aliphatic heterocycles. The fraction of sp³-hybridized carbons (Fsp3) is 0.100. The maximum absolute atomic E-state index is 9.24. The van der Waals surface area contributed by atoms with E-state index >= 15 is 0 Å². The molecule has 1 heterocycles. The van der Waals surface area contributed by atoms with Gasteiger partial charge in [0.05, 0.1) is 6.54 Å². The Morgan fingerprint density at radius 1 is 1.47 bits per heavy atom. The van der Waals surface area contributed by atoms with Gasteiger partial charge in [-0.15, -0.1) is 11.3 Å². The molecule has 0 aliphatic rings. The summed E-state index contributed by atoms with van der Waals surface area (Å²) in [7, 11) is 0. The molecule has 78 valence electrons. The lowest BCUT2D eigenvalue weighted by molar-refractivity contribution is 0.475. The molecule has 3 nitrogen and oxygen atoms in total. The molecular weight excluding hydrogens is 232 g/mol. The first-order valence-electron chi connectivity index (χ1n) is 4.37. The summed E-state index contributed by atoms with van der Waals surface area (Å²) in [6.45, 7) is 0.661. The lowest BCUT2D eigenvalue weighted by Gasteiger charge is -2.04. The van der Waals surface area contributed by atoms with E-state index < -0.39 is 0 Å². The van der Waals surface area contributed by atoms with Gasteiger partial charge in [0, 0.05) is 22.8 Å². The molecule has 0 spiro atoms. The van der Waals surface area contributed by atoms with Crippen molar-refractivity contribution >= 4 is 28.6 Å². The van der Waals surface area contributed by atoms with Gasteiger partial charge in [-0.25, -0.2) is 4.98 Å². The van der Waals surface area contributed by atoms with Crippen molar-refractivity contribution in [1.29, 1.82) is 0 Å². The number of hydrogen-bond acceptors (Lipinski definition) is 4. The van der Waals surface area contributed by atoms with Crippen molar-refractivity contribution in [3.05, 3.63) is 39.8 Å². The summed E-state index contributed by atoms with van der Waals surface area (Å²) >= 11 is 7.15. The predicted octanol–water partition coefficient (Wildman–Crippen LogP) is 3.11. The molecule has 0 amide bonds. The Kier molecular flexibility index (Phi) is 3.08. The van der Waals surface area contributed by atoms with Crippen LogP contribution in [0.2, 0.25) is 4.47 Å². The quantitative estimate of drug-likeness (QED) is 0.867. The number of benzene rings is 1. The molecule has 5 heteroatoms. The van der Waals surface area contributed by atoms with Crippen LogP contribution in [0.15, 0.2) is 30.5 Å². The van der Waals surface area contributed by atoms with Gasteiger partial charge in [0.1, 0.15) is 5.75 Å². The van der Waals surface area contributed by atoms with Crippen LogP contribution in [0.5, 0.6) is 5.75 Å². The number of aromatic hydroxyl groups is 1. The second kappa shape index (κ2) is 4.51. The van der Waals surface area contributed by atoms with Crippen molar-refractivity contribution in [2.75, 3.05) is 5.32 Å². The summed E-state index contributed by atoms with van der Waals surface area (Å²) in [4.78, 5) is 5.00. The molecule has 1 aromatic heterocycles. The van der Waals surface area contributed by atoms with Crippen molar-refractivity contribution in [2.24, 2.45) is 0 Å². The number of anilines is 1. The Morgan fingerprint density at radius 3 is 3.00 bits per heavy atom. The van der Waals surface area contributed by atoms with E-state index in [4.69, 9.17) is 11.6 Å². The number of thiazole rings is 1. The van der Waals surface area contributed by atoms with Crippen LogP contribution in [0.4, 0.5) is 5.69 Å². The molecule has 0 atom stereocenters. The number of rotatable bonds is 3. The molecule has 15 heavy (non-hydrogen) atoms. The lowest BCUT2D eigenvalue weighted by Crippen LogP contribution is -1.96. The number of halogens is 1. The Morgan fingerprint density at radius 2 is 2.33 bits per heavy atom. The second-order valence-electron chi connectivity index (χ2n) is 2.98. The highest BCUT2D eigenvalue weighted by Crippen LogP contribution is 2.20. The summed E-state index contributed by atoms with van der Waals surface area (Å²) in [5.74, 6) is 0.252. The number of phenolic OH excluding ortho intramolecular Hbond substituents is 1. The van der Waals surface area contributed by atoms with Crippen molar-refractivity contribution in [3.8, 4) is 5.75 Å². The molecular formula is C10H9ClN2OS. The van der Waals surface area contributed by atoms with E-state index in [1.165, 1.54) is 11.3 Å². The molecule has 2 aromatic rings. The van der Waals surface area contributed by atoms with E-state index in [0.717, 1.165) is 10.6 Å². The number of aromatic nitrogens is 1. The maximum Gasteiger partial charge on any atom is 0.183 e. The average molecular weight is 241 g/mol. The summed E-state index contributed by atoms with van der Waals surface area (Å²) in [5.41, 5.74) is 0.875. The van der Waals surface area contributed by atoms with Crippen LogP contribution in [0, 0.1) is 0 Å². The molecule has 2 rings (SSSR count). The minimum absolute atomic E-state index is 0.252. The van der Waals surface area contributed by atoms with Gasteiger partial charge in [-0.3, -0.25) is 0 Å². The van der Waals surface area contributed by atoms with E-state index in [1.54, 1.807) is 24.4 Å². The topological polar surface area (TPSA) is 45.1 Å². The highest BCUT2D eigenvalue weighted by molar-refractivity contribution is 7.15. The molecule has 0 saturated heterocycles. The Hall–Kier alpha value is -1.26. The van der Waals surface area contributed by atoms with Crippen molar-refractivity contribution in [2.45, 2.75) is 6.54 Å². The highest BCUT2D eigenvalue weighted by atomic mass is 35.5. The minimum Gasteiger partial charge on any atom is -0.508 e. The van der Waals surface area contributed by atoms with Crippen LogP contribution in [0.25, 0.3) is 0 Å². The summed E-state index contributed by atoms with van der Waals surface area (Å²) in [5, 5.41) is 12.4. The van der Waals surface area contributed by atoms with E-state index in [0.29, 0.717) is 11.0 Å². The highest BCUT2D eigenvalue weighted by Gasteiger charge is 1.99. The predicted molar refractivity (Wildman–Crippen MR) is 62.6 cm³/mol. The maximum atomic E-state index is 9.24. The van der Waals surface area contributed by atoms with Crippen molar-refractivity contribution < 1.29 is 5.11 Å². The summed E-state index contributed by atoms with van der Waals surface area (Å²) < 4.78 is 0.544. The smallest absolute Gasteiger partial charge is 0.183 e. The van der Waals surface area contributed by atoms with E-state index in [9.17, 15) is 5.11 Å². The first kappa shape index (κ1) is 10.3. The average Bonchev–Trinajstić information content (AvgIpc) is 2.62.